The summed E-state index contributed by atoms with van der Waals surface area (Å²) in [5.41, 5.74) is 13.4. The summed E-state index contributed by atoms with van der Waals surface area (Å²) in [4.78, 5) is 16.2. The predicted octanol–water partition coefficient (Wildman–Crippen LogP) is 6.47. The molecule has 0 aliphatic carbocycles. The molecule has 0 spiro atoms. The highest BCUT2D eigenvalue weighted by Crippen LogP contribution is 2.40. The van der Waals surface area contributed by atoms with Crippen molar-refractivity contribution in [3.63, 3.8) is 0 Å². The third kappa shape index (κ3) is 8.13. The number of allylic oxidation sites excluding steroid dienone is 3. The van der Waals surface area contributed by atoms with Crippen molar-refractivity contribution in [2.24, 2.45) is 5.41 Å². The molecule has 4 rings (SSSR count). The van der Waals surface area contributed by atoms with Crippen LogP contribution in [0.3, 0.4) is 0 Å². The second kappa shape index (κ2) is 14.9. The standard InChI is InChI=1S/C29H36N2O3.C4H10N2/c1-8-11-20(3)22-13-14-27-24(16-22)25(17-29(5,6)19-34-21(4)32)28(31(27)9-2)23-12-10-15-30-26(23)18-33-7;1-2-4-6-5-3-1/h8,10-16H,3,9,17-19H2,1-2,4-7H3;5-6H,1-4H2/b11-8+;. The van der Waals surface area contributed by atoms with Crippen LogP contribution in [0.2, 0.25) is 0 Å². The highest BCUT2D eigenvalue weighted by atomic mass is 16.5. The SMILES string of the molecule is C1CCNNC1.C=C(/C=C/C)c1ccc2c(c1)c(CC(C)(C)COC(C)=O)c(-c1cccnc1COC)n2CC. The lowest BCUT2D eigenvalue weighted by molar-refractivity contribution is -0.143. The van der Waals surface area contributed by atoms with E-state index in [9.17, 15) is 4.79 Å². The Morgan fingerprint density at radius 3 is 2.50 bits per heavy atom. The van der Waals surface area contributed by atoms with Crippen molar-refractivity contribution in [2.45, 2.75) is 67.0 Å². The number of ether oxygens (including phenoxy) is 2. The Hall–Kier alpha value is -3.26. The van der Waals surface area contributed by atoms with E-state index in [1.165, 1.54) is 36.2 Å². The number of pyridine rings is 1. The van der Waals surface area contributed by atoms with Gasteiger partial charge in [0, 0.05) is 61.7 Å². The largest absolute Gasteiger partial charge is 0.465 e. The maximum absolute atomic E-state index is 11.5. The van der Waals surface area contributed by atoms with Gasteiger partial charge in [-0.2, -0.15) is 0 Å². The van der Waals surface area contributed by atoms with Crippen LogP contribution >= 0.6 is 0 Å². The van der Waals surface area contributed by atoms with Gasteiger partial charge in [0.25, 0.3) is 0 Å². The molecule has 2 N–H and O–H groups in total. The molecule has 0 radical (unpaired) electrons. The minimum absolute atomic E-state index is 0.257. The molecule has 0 saturated carbocycles. The third-order valence-electron chi connectivity index (χ3n) is 6.95. The Bertz CT molecular complexity index is 1310. The van der Waals surface area contributed by atoms with E-state index < -0.39 is 0 Å². The second-order valence-electron chi connectivity index (χ2n) is 10.9. The Morgan fingerprint density at radius 2 is 1.93 bits per heavy atom. The lowest BCUT2D eigenvalue weighted by Crippen LogP contribution is -2.37. The first-order valence-corrected chi connectivity index (χ1v) is 14.2. The van der Waals surface area contributed by atoms with Crippen LogP contribution in [0.15, 0.2) is 55.3 Å². The lowest BCUT2D eigenvalue weighted by Gasteiger charge is -2.25. The summed E-state index contributed by atoms with van der Waals surface area (Å²) >= 11 is 0. The molecule has 7 heteroatoms. The molecule has 1 aliphatic heterocycles. The minimum atomic E-state index is -0.260. The first-order chi connectivity index (χ1) is 19.2. The molecule has 1 fully saturated rings. The highest BCUT2D eigenvalue weighted by molar-refractivity contribution is 5.95. The smallest absolute Gasteiger partial charge is 0.302 e. The summed E-state index contributed by atoms with van der Waals surface area (Å²) in [6.07, 6.45) is 9.23. The summed E-state index contributed by atoms with van der Waals surface area (Å²) in [5, 5.41) is 1.18. The number of nitrogens with zero attached hydrogens (tertiary/aromatic N) is 2. The van der Waals surface area contributed by atoms with Gasteiger partial charge in [-0.3, -0.25) is 20.6 Å². The van der Waals surface area contributed by atoms with Crippen molar-refractivity contribution in [3.05, 3.63) is 72.1 Å². The molecule has 1 aromatic carbocycles. The minimum Gasteiger partial charge on any atom is -0.465 e. The number of esters is 1. The fraction of sp³-hybridized carbons (Fsp3) is 0.455. The van der Waals surface area contributed by atoms with Gasteiger partial charge in [-0.15, -0.1) is 0 Å². The topological polar surface area (TPSA) is 77.4 Å². The Kier molecular flexibility index (Phi) is 11.7. The van der Waals surface area contributed by atoms with E-state index in [-0.39, 0.29) is 11.4 Å². The number of benzene rings is 1. The van der Waals surface area contributed by atoms with Crippen molar-refractivity contribution in [2.75, 3.05) is 26.8 Å². The molecule has 1 saturated heterocycles. The van der Waals surface area contributed by atoms with Crippen molar-refractivity contribution in [3.8, 4) is 11.3 Å². The maximum atomic E-state index is 11.5. The van der Waals surface area contributed by atoms with Crippen LogP contribution in [-0.4, -0.2) is 42.3 Å². The van der Waals surface area contributed by atoms with Gasteiger partial charge in [0.05, 0.1) is 24.6 Å². The van der Waals surface area contributed by atoms with Crippen LogP contribution in [0.25, 0.3) is 27.7 Å². The van der Waals surface area contributed by atoms with Gasteiger partial charge < -0.3 is 14.0 Å². The number of rotatable bonds is 10. The van der Waals surface area contributed by atoms with E-state index in [1.54, 1.807) is 13.3 Å². The van der Waals surface area contributed by atoms with Gasteiger partial charge >= 0.3 is 5.97 Å². The van der Waals surface area contributed by atoms with Crippen molar-refractivity contribution >= 4 is 22.4 Å². The van der Waals surface area contributed by atoms with Crippen LogP contribution in [0.4, 0.5) is 0 Å². The highest BCUT2D eigenvalue weighted by Gasteiger charge is 2.28. The quantitative estimate of drug-likeness (QED) is 0.224. The predicted molar refractivity (Wildman–Crippen MR) is 165 cm³/mol. The summed E-state index contributed by atoms with van der Waals surface area (Å²) in [7, 11) is 1.69. The van der Waals surface area contributed by atoms with Gasteiger partial charge in [-0.05, 0) is 74.1 Å². The molecule has 0 amide bonds. The van der Waals surface area contributed by atoms with Crippen molar-refractivity contribution in [1.29, 1.82) is 0 Å². The molecule has 40 heavy (non-hydrogen) atoms. The number of aryl methyl sites for hydroxylation is 1. The lowest BCUT2D eigenvalue weighted by atomic mass is 9.84. The van der Waals surface area contributed by atoms with Gasteiger partial charge in [0.1, 0.15) is 0 Å². The Balaban J connectivity index is 0.000000649. The molecule has 0 bridgehead atoms. The van der Waals surface area contributed by atoms with Gasteiger partial charge in [0.15, 0.2) is 0 Å². The molecule has 3 aromatic rings. The number of hydrazine groups is 1. The number of hydrogen-bond acceptors (Lipinski definition) is 6. The normalized spacial score (nSPS) is 13.8. The van der Waals surface area contributed by atoms with E-state index in [4.69, 9.17) is 9.47 Å². The molecular formula is C33H46N4O3. The summed E-state index contributed by atoms with van der Waals surface area (Å²) < 4.78 is 13.2. The Morgan fingerprint density at radius 1 is 1.20 bits per heavy atom. The zero-order chi connectivity index (χ0) is 29.1. The number of hydrogen-bond donors (Lipinski definition) is 2. The van der Waals surface area contributed by atoms with Crippen LogP contribution in [-0.2, 0) is 33.8 Å². The fourth-order valence-corrected chi connectivity index (χ4v) is 5.07. The second-order valence-corrected chi connectivity index (χ2v) is 10.9. The summed E-state index contributed by atoms with van der Waals surface area (Å²) in [6.45, 7) is 18.0. The Labute approximate surface area is 239 Å². The monoisotopic (exact) mass is 546 g/mol. The summed E-state index contributed by atoms with van der Waals surface area (Å²) in [6, 6.07) is 10.6. The third-order valence-corrected chi connectivity index (χ3v) is 6.95. The van der Waals surface area contributed by atoms with E-state index in [0.717, 1.165) is 54.1 Å². The van der Waals surface area contributed by atoms with Gasteiger partial charge in [-0.1, -0.05) is 38.6 Å². The van der Waals surface area contributed by atoms with Crippen LogP contribution in [0.1, 0.15) is 64.3 Å². The molecular weight excluding hydrogens is 500 g/mol. The number of methoxy groups -OCH3 is 1. The van der Waals surface area contributed by atoms with Crippen LogP contribution < -0.4 is 10.9 Å². The van der Waals surface area contributed by atoms with E-state index in [1.807, 2.05) is 25.1 Å². The molecule has 216 valence electrons. The number of fused-ring (bicyclic) bond motifs is 1. The van der Waals surface area contributed by atoms with Crippen LogP contribution in [0, 0.1) is 5.41 Å². The van der Waals surface area contributed by atoms with Crippen LogP contribution in [0.5, 0.6) is 0 Å². The van der Waals surface area contributed by atoms with Gasteiger partial charge in [-0.25, -0.2) is 0 Å². The molecule has 2 aromatic heterocycles. The molecule has 0 atom stereocenters. The van der Waals surface area contributed by atoms with Crippen molar-refractivity contribution < 1.29 is 14.3 Å². The molecule has 1 aliphatic rings. The van der Waals surface area contributed by atoms with E-state index in [2.05, 4.69) is 72.0 Å². The van der Waals surface area contributed by atoms with Gasteiger partial charge in [0.2, 0.25) is 0 Å². The first-order valence-electron chi connectivity index (χ1n) is 14.2. The molecule has 7 nitrogen and oxygen atoms in total. The van der Waals surface area contributed by atoms with E-state index in [0.29, 0.717) is 13.2 Å². The number of nitrogens with one attached hydrogen (secondary N) is 2. The average molecular weight is 547 g/mol. The first kappa shape index (κ1) is 31.3. The average Bonchev–Trinajstić information content (AvgIpc) is 3.25. The molecule has 3 heterocycles. The molecule has 0 unspecified atom stereocenters. The number of carbonyl (C=O) groups excluding carboxylic acids is 1. The fourth-order valence-electron chi connectivity index (χ4n) is 5.07. The number of aromatic nitrogens is 2. The number of carbonyl (C=O) groups is 1. The zero-order valence-electron chi connectivity index (χ0n) is 25.1. The van der Waals surface area contributed by atoms with E-state index >= 15 is 0 Å². The zero-order valence-corrected chi connectivity index (χ0v) is 25.1. The summed E-state index contributed by atoms with van der Waals surface area (Å²) in [5.74, 6) is -0.260. The maximum Gasteiger partial charge on any atom is 0.302 e. The van der Waals surface area contributed by atoms with Crippen molar-refractivity contribution in [1.82, 2.24) is 20.4 Å².